The van der Waals surface area contributed by atoms with Crippen LogP contribution in [0.1, 0.15) is 60.3 Å². The fourth-order valence-electron chi connectivity index (χ4n) is 4.08. The summed E-state index contributed by atoms with van der Waals surface area (Å²) in [6.45, 7) is 7.93. The van der Waals surface area contributed by atoms with Crippen LogP contribution < -0.4 is 20.7 Å². The number of allylic oxidation sites excluding steroid dienone is 1. The monoisotopic (exact) mass is 432 g/mol. The molecule has 0 bridgehead atoms. The van der Waals surface area contributed by atoms with Crippen LogP contribution in [0.25, 0.3) is 5.57 Å². The molecule has 6 nitrogen and oxygen atoms in total. The van der Waals surface area contributed by atoms with E-state index >= 15 is 0 Å². The van der Waals surface area contributed by atoms with E-state index in [2.05, 4.69) is 21.3 Å². The largest absolute Gasteiger partial charge is 0.491 e. The molecule has 0 spiro atoms. The van der Waals surface area contributed by atoms with Gasteiger partial charge in [0.05, 0.1) is 24.2 Å². The van der Waals surface area contributed by atoms with Crippen LogP contribution in [-0.4, -0.2) is 37.4 Å². The number of aliphatic imine (C=N–C) groups is 1. The van der Waals surface area contributed by atoms with Gasteiger partial charge in [-0.25, -0.2) is 0 Å². The lowest BCUT2D eigenvalue weighted by Gasteiger charge is -2.20. The second-order valence-corrected chi connectivity index (χ2v) is 8.94. The zero-order valence-electron chi connectivity index (χ0n) is 19.4. The van der Waals surface area contributed by atoms with Gasteiger partial charge in [0.2, 0.25) is 0 Å². The molecule has 6 heteroatoms. The molecule has 1 saturated carbocycles. The second kappa shape index (κ2) is 8.69. The molecule has 3 atom stereocenters. The first kappa shape index (κ1) is 21.9. The van der Waals surface area contributed by atoms with Crippen LogP contribution in [0.2, 0.25) is 0 Å². The summed E-state index contributed by atoms with van der Waals surface area (Å²) >= 11 is 0. The number of aryl methyl sites for hydroxylation is 1. The summed E-state index contributed by atoms with van der Waals surface area (Å²) in [5.74, 6) is 0.658. The van der Waals surface area contributed by atoms with Crippen LogP contribution in [0.3, 0.4) is 0 Å². The summed E-state index contributed by atoms with van der Waals surface area (Å²) in [6.07, 6.45) is 4.56. The molecular weight excluding hydrogens is 400 g/mol. The van der Waals surface area contributed by atoms with E-state index in [1.165, 1.54) is 12.6 Å². The highest BCUT2D eigenvalue weighted by Crippen LogP contribution is 2.53. The molecule has 2 fully saturated rings. The Morgan fingerprint density at radius 1 is 1.22 bits per heavy atom. The first-order chi connectivity index (χ1) is 15.3. The number of carbonyl (C=O) groups excluding carboxylic acids is 1. The van der Waals surface area contributed by atoms with Crippen molar-refractivity contribution in [1.82, 2.24) is 5.32 Å². The minimum absolute atomic E-state index is 0.0298. The van der Waals surface area contributed by atoms with Crippen molar-refractivity contribution in [2.24, 2.45) is 10.7 Å². The van der Waals surface area contributed by atoms with Crippen LogP contribution in [-0.2, 0) is 0 Å². The Bertz CT molecular complexity index is 1080. The fraction of sp³-hybridized carbons (Fsp3) is 0.385. The minimum Gasteiger partial charge on any atom is -0.491 e. The highest BCUT2D eigenvalue weighted by atomic mass is 16.5. The highest BCUT2D eigenvalue weighted by Gasteiger charge is 2.62. The number of benzene rings is 2. The molecule has 1 amide bonds. The molecule has 2 aliphatic rings. The Morgan fingerprint density at radius 3 is 2.56 bits per heavy atom. The van der Waals surface area contributed by atoms with Crippen LogP contribution in [0.15, 0.2) is 47.6 Å². The van der Waals surface area contributed by atoms with E-state index in [4.69, 9.17) is 10.5 Å². The minimum atomic E-state index is -0.216. The van der Waals surface area contributed by atoms with Crippen molar-refractivity contribution < 1.29 is 9.53 Å². The standard InChI is InChI=1S/C26H32N4O2/c1-15(2)32-22-9-18(8-19(10-22)20(13-27)14-28-5)17(4)29-26(31)23-11-21(7-6-16(23)3)30-24-12-25(24)30/h6-11,13-15,17,24-25H,12,27H2,1-5H3,(H,29,31)/b20-13+,28-14?/t17-,24-,25+,30?/m1/s1. The third-order valence-electron chi connectivity index (χ3n) is 6.04. The van der Waals surface area contributed by atoms with Gasteiger partial charge in [0.1, 0.15) is 5.75 Å². The van der Waals surface area contributed by atoms with E-state index in [1.807, 2.05) is 58.0 Å². The van der Waals surface area contributed by atoms with Crippen LogP contribution in [0.5, 0.6) is 5.75 Å². The molecule has 0 radical (unpaired) electrons. The van der Waals surface area contributed by atoms with E-state index in [-0.39, 0.29) is 18.1 Å². The summed E-state index contributed by atoms with van der Waals surface area (Å²) in [5, 5.41) is 3.16. The van der Waals surface area contributed by atoms with Crippen LogP contribution in [0.4, 0.5) is 5.69 Å². The van der Waals surface area contributed by atoms with Gasteiger partial charge in [-0.05, 0) is 81.1 Å². The SMILES string of the molecule is CN=C/C(=C\N)c1cc(OC(C)C)cc([C@@H](C)NC(=O)c2cc(N3[C@@H]4C[C@@H]43)ccc2C)c1. The molecule has 2 aromatic rings. The summed E-state index contributed by atoms with van der Waals surface area (Å²) < 4.78 is 5.96. The number of anilines is 1. The van der Waals surface area contributed by atoms with Gasteiger partial charge in [0.25, 0.3) is 5.91 Å². The van der Waals surface area contributed by atoms with Gasteiger partial charge >= 0.3 is 0 Å². The first-order valence-corrected chi connectivity index (χ1v) is 11.2. The normalized spacial score (nSPS) is 20.3. The maximum absolute atomic E-state index is 13.2. The average Bonchev–Trinajstić information content (AvgIpc) is 3.65. The van der Waals surface area contributed by atoms with E-state index in [0.29, 0.717) is 12.1 Å². The molecule has 1 aliphatic carbocycles. The summed E-state index contributed by atoms with van der Waals surface area (Å²) in [5.41, 5.74) is 11.3. The molecule has 0 aromatic heterocycles. The zero-order valence-corrected chi connectivity index (χ0v) is 19.4. The predicted molar refractivity (Wildman–Crippen MR) is 131 cm³/mol. The molecule has 2 aromatic carbocycles. The van der Waals surface area contributed by atoms with Crippen molar-refractivity contribution >= 4 is 23.4 Å². The molecular formula is C26H32N4O2. The Kier molecular flexibility index (Phi) is 5.96. The van der Waals surface area contributed by atoms with Crippen molar-refractivity contribution in [2.75, 3.05) is 11.9 Å². The number of nitrogens with zero attached hydrogens (tertiary/aromatic N) is 2. The molecule has 168 valence electrons. The number of amides is 1. The summed E-state index contributed by atoms with van der Waals surface area (Å²) in [6, 6.07) is 13.3. The number of hydrogen-bond acceptors (Lipinski definition) is 5. The Morgan fingerprint density at radius 2 is 1.97 bits per heavy atom. The number of ether oxygens (including phenoxy) is 1. The molecule has 1 aliphatic heterocycles. The lowest BCUT2D eigenvalue weighted by Crippen LogP contribution is -2.27. The number of nitrogens with two attached hydrogens (primary N) is 1. The first-order valence-electron chi connectivity index (χ1n) is 11.2. The zero-order chi connectivity index (χ0) is 23.0. The summed E-state index contributed by atoms with van der Waals surface area (Å²) in [4.78, 5) is 19.6. The van der Waals surface area contributed by atoms with Gasteiger partial charge in [-0.15, -0.1) is 0 Å². The topological polar surface area (TPSA) is 79.7 Å². The smallest absolute Gasteiger partial charge is 0.252 e. The fourth-order valence-corrected chi connectivity index (χ4v) is 4.08. The average molecular weight is 433 g/mol. The number of nitrogens with one attached hydrogen (secondary N) is 1. The van der Waals surface area contributed by atoms with Crippen molar-refractivity contribution in [2.45, 2.75) is 58.3 Å². The molecule has 1 saturated heterocycles. The second-order valence-electron chi connectivity index (χ2n) is 8.94. The number of carbonyl (C=O) groups is 1. The number of rotatable bonds is 8. The summed E-state index contributed by atoms with van der Waals surface area (Å²) in [7, 11) is 1.71. The lowest BCUT2D eigenvalue weighted by molar-refractivity contribution is 0.0939. The van der Waals surface area contributed by atoms with Crippen LogP contribution >= 0.6 is 0 Å². The van der Waals surface area contributed by atoms with Gasteiger partial charge in [-0.2, -0.15) is 0 Å². The van der Waals surface area contributed by atoms with Gasteiger partial charge in [0, 0.05) is 36.3 Å². The van der Waals surface area contributed by atoms with Crippen molar-refractivity contribution in [3.8, 4) is 5.75 Å². The van der Waals surface area contributed by atoms with Crippen molar-refractivity contribution in [3.05, 3.63) is 64.9 Å². The van der Waals surface area contributed by atoms with Gasteiger partial charge in [0.15, 0.2) is 0 Å². The van der Waals surface area contributed by atoms with Crippen LogP contribution in [0, 0.1) is 6.92 Å². The van der Waals surface area contributed by atoms with E-state index in [9.17, 15) is 4.79 Å². The van der Waals surface area contributed by atoms with E-state index in [0.717, 1.165) is 39.3 Å². The van der Waals surface area contributed by atoms with E-state index in [1.54, 1.807) is 13.3 Å². The Hall–Kier alpha value is -3.28. The Labute approximate surface area is 190 Å². The quantitative estimate of drug-likeness (QED) is 0.483. The molecule has 0 unspecified atom stereocenters. The molecule has 4 rings (SSSR count). The third kappa shape index (κ3) is 4.49. The van der Waals surface area contributed by atoms with Gasteiger partial charge in [-0.3, -0.25) is 9.79 Å². The van der Waals surface area contributed by atoms with Gasteiger partial charge < -0.3 is 20.7 Å². The third-order valence-corrected chi connectivity index (χ3v) is 6.04. The lowest BCUT2D eigenvalue weighted by atomic mass is 9.99. The number of fused-ring (bicyclic) bond motifs is 1. The van der Waals surface area contributed by atoms with Gasteiger partial charge in [-0.1, -0.05) is 6.07 Å². The molecule has 3 N–H and O–H groups in total. The molecule has 32 heavy (non-hydrogen) atoms. The van der Waals surface area contributed by atoms with Crippen molar-refractivity contribution in [3.63, 3.8) is 0 Å². The van der Waals surface area contributed by atoms with E-state index < -0.39 is 0 Å². The Balaban J connectivity index is 1.58. The van der Waals surface area contributed by atoms with Crippen molar-refractivity contribution in [1.29, 1.82) is 0 Å². The number of hydrogen-bond donors (Lipinski definition) is 2. The maximum Gasteiger partial charge on any atom is 0.252 e. The molecule has 1 heterocycles. The maximum atomic E-state index is 13.2. The predicted octanol–water partition coefficient (Wildman–Crippen LogP) is 4.23. The highest BCUT2D eigenvalue weighted by molar-refractivity contribution is 6.09.